The van der Waals surface area contributed by atoms with Crippen molar-refractivity contribution in [2.75, 3.05) is 40.3 Å². The largest absolute Gasteiger partial charge is 0.390 e. The molecule has 0 fully saturated rings. The molecule has 0 unspecified atom stereocenters. The molecule has 0 spiro atoms. The van der Waals surface area contributed by atoms with Crippen LogP contribution in [0.5, 0.6) is 0 Å². The lowest BCUT2D eigenvalue weighted by atomic mass is 9.97. The van der Waals surface area contributed by atoms with E-state index >= 15 is 0 Å². The molecule has 214 valence electrons. The summed E-state index contributed by atoms with van der Waals surface area (Å²) in [5, 5.41) is 21.2. The second kappa shape index (κ2) is 18.3. The number of hydrogen-bond donors (Lipinski definition) is 2. The number of aliphatic hydroxyl groups excluding tert-OH is 2. The van der Waals surface area contributed by atoms with Gasteiger partial charge in [-0.3, -0.25) is 8.37 Å². The molecule has 0 rings (SSSR count). The molecule has 0 radical (unpaired) electrons. The fourth-order valence-corrected chi connectivity index (χ4v) is 4.64. The van der Waals surface area contributed by atoms with Gasteiger partial charge in [0.05, 0.1) is 24.7 Å². The molecule has 14 heteroatoms. The first-order chi connectivity index (χ1) is 16.8. The van der Waals surface area contributed by atoms with Gasteiger partial charge in [0.1, 0.15) is 38.0 Å². The van der Waals surface area contributed by atoms with E-state index in [1.165, 1.54) is 14.2 Å². The first kappa shape index (κ1) is 35.1. The monoisotopic (exact) mass is 562 g/mol. The van der Waals surface area contributed by atoms with E-state index in [0.29, 0.717) is 0 Å². The molecule has 0 heterocycles. The smallest absolute Gasteiger partial charge is 0.264 e. The molecule has 0 aromatic heterocycles. The van der Waals surface area contributed by atoms with Crippen molar-refractivity contribution in [2.24, 2.45) is 0 Å². The molecule has 0 saturated heterocycles. The lowest BCUT2D eigenvalue weighted by molar-refractivity contribution is -0.0990. The zero-order valence-electron chi connectivity index (χ0n) is 21.8. The quantitative estimate of drug-likeness (QED) is 0.116. The van der Waals surface area contributed by atoms with Gasteiger partial charge in [-0.1, -0.05) is 24.3 Å². The Kier molecular flexibility index (Phi) is 17.9. The lowest BCUT2D eigenvalue weighted by Crippen LogP contribution is -2.38. The van der Waals surface area contributed by atoms with Crippen molar-refractivity contribution < 1.29 is 54.4 Å². The Labute approximate surface area is 215 Å². The fourth-order valence-electron chi connectivity index (χ4n) is 3.30. The summed E-state index contributed by atoms with van der Waals surface area (Å²) >= 11 is 0. The lowest BCUT2D eigenvalue weighted by Gasteiger charge is -2.29. The number of aliphatic hydroxyl groups is 2. The topological polar surface area (TPSA) is 164 Å². The maximum atomic E-state index is 11.9. The summed E-state index contributed by atoms with van der Waals surface area (Å²) in [6, 6.07) is 0. The Balaban J connectivity index is 5.72. The molecule has 0 aliphatic heterocycles. The van der Waals surface area contributed by atoms with E-state index in [9.17, 15) is 27.0 Å². The minimum Gasteiger partial charge on any atom is -0.390 e. The highest BCUT2D eigenvalue weighted by Gasteiger charge is 2.32. The van der Waals surface area contributed by atoms with Crippen LogP contribution in [0.25, 0.3) is 0 Å². The second-order valence-corrected chi connectivity index (χ2v) is 11.3. The van der Waals surface area contributed by atoms with Crippen LogP contribution in [0.3, 0.4) is 0 Å². The minimum atomic E-state index is -4.03. The van der Waals surface area contributed by atoms with Gasteiger partial charge in [-0.05, 0) is 39.5 Å². The van der Waals surface area contributed by atoms with Crippen molar-refractivity contribution in [2.45, 2.75) is 76.2 Å². The summed E-state index contributed by atoms with van der Waals surface area (Å²) in [6.07, 6.45) is 1.84. The van der Waals surface area contributed by atoms with Crippen molar-refractivity contribution in [3.63, 3.8) is 0 Å². The van der Waals surface area contributed by atoms with Gasteiger partial charge in [-0.25, -0.2) is 0 Å². The molecule has 0 aliphatic carbocycles. The average Bonchev–Trinajstić information content (AvgIpc) is 2.77. The third-order valence-corrected chi connectivity index (χ3v) is 5.98. The van der Waals surface area contributed by atoms with Gasteiger partial charge < -0.3 is 29.2 Å². The number of methoxy groups -OCH3 is 2. The van der Waals surface area contributed by atoms with Crippen molar-refractivity contribution in [1.29, 1.82) is 0 Å². The van der Waals surface area contributed by atoms with Gasteiger partial charge in [-0.15, -0.1) is 0 Å². The molecule has 6 atom stereocenters. The van der Waals surface area contributed by atoms with E-state index in [1.807, 2.05) is 0 Å². The molecule has 2 N–H and O–H groups in total. The highest BCUT2D eigenvalue weighted by Crippen LogP contribution is 2.23. The molecular weight excluding hydrogens is 520 g/mol. The van der Waals surface area contributed by atoms with E-state index < -0.39 is 56.9 Å². The molecule has 36 heavy (non-hydrogen) atoms. The van der Waals surface area contributed by atoms with Crippen LogP contribution >= 0.6 is 0 Å². The summed E-state index contributed by atoms with van der Waals surface area (Å²) in [4.78, 5) is 0. The molecule has 0 aliphatic rings. The van der Waals surface area contributed by atoms with Crippen molar-refractivity contribution in [1.82, 2.24) is 0 Å². The number of ether oxygens (including phenoxy) is 4. The summed E-state index contributed by atoms with van der Waals surface area (Å²) in [5.74, 6) is 0. The Morgan fingerprint density at radius 3 is 1.25 bits per heavy atom. The predicted molar refractivity (Wildman–Crippen MR) is 133 cm³/mol. The summed E-state index contributed by atoms with van der Waals surface area (Å²) in [7, 11) is -5.20. The van der Waals surface area contributed by atoms with Crippen LogP contribution in [-0.4, -0.2) is 104 Å². The van der Waals surface area contributed by atoms with Gasteiger partial charge in [0.15, 0.2) is 0 Å². The van der Waals surface area contributed by atoms with Crippen LogP contribution in [-0.2, 0) is 47.5 Å². The van der Waals surface area contributed by atoms with Crippen LogP contribution in [0.4, 0.5) is 0 Å². The molecule has 0 bridgehead atoms. The van der Waals surface area contributed by atoms with E-state index in [2.05, 4.69) is 0 Å². The number of hydrogen-bond acceptors (Lipinski definition) is 12. The average molecular weight is 563 g/mol. The Bertz CT molecular complexity index is 771. The van der Waals surface area contributed by atoms with Crippen LogP contribution in [0.15, 0.2) is 24.3 Å². The van der Waals surface area contributed by atoms with Gasteiger partial charge in [0, 0.05) is 14.2 Å². The standard InChI is InChI=1S/C22H42O12S2/c1-7-9-19(31-15-29-3)17(23)11-13-21(33-35(5,25)26)22(34-36(6,27)28)14-12-18(24)20(10-8-2)32-16-30-4/h7-10,17-24H,11-16H2,1-6H3/b9-7+,10-8+/t17-,18-,19+,20+,21+,22+/m0/s1. The van der Waals surface area contributed by atoms with Gasteiger partial charge in [0.25, 0.3) is 20.2 Å². The fraction of sp³-hybridized carbons (Fsp3) is 0.818. The zero-order chi connectivity index (χ0) is 27.8. The van der Waals surface area contributed by atoms with Gasteiger partial charge in [-0.2, -0.15) is 16.8 Å². The predicted octanol–water partition coefficient (Wildman–Crippen LogP) is 1.09. The Morgan fingerprint density at radius 1 is 0.667 bits per heavy atom. The van der Waals surface area contributed by atoms with E-state index in [0.717, 1.165) is 12.5 Å². The zero-order valence-corrected chi connectivity index (χ0v) is 23.4. The first-order valence-corrected chi connectivity index (χ1v) is 15.0. The van der Waals surface area contributed by atoms with Crippen LogP contribution in [0.2, 0.25) is 0 Å². The number of rotatable bonds is 21. The maximum Gasteiger partial charge on any atom is 0.264 e. The van der Waals surface area contributed by atoms with Crippen LogP contribution < -0.4 is 0 Å². The molecule has 0 saturated carbocycles. The Morgan fingerprint density at radius 2 is 1.00 bits per heavy atom. The van der Waals surface area contributed by atoms with Gasteiger partial charge >= 0.3 is 0 Å². The minimum absolute atomic E-state index is 0.0107. The molecule has 12 nitrogen and oxygen atoms in total. The van der Waals surface area contributed by atoms with E-state index in [4.69, 9.17) is 27.3 Å². The SMILES string of the molecule is C/C=C/[C@@H](OCOC)[C@@H](O)CC[C@@H](OS(C)(=O)=O)[C@@H](CC[C@H](O)[C@@H](/C=C/C)OCOC)OS(C)(=O)=O. The molecular formula is C22H42O12S2. The van der Waals surface area contributed by atoms with Crippen LogP contribution in [0.1, 0.15) is 39.5 Å². The molecule has 0 aromatic rings. The number of allylic oxidation sites excluding steroid dienone is 2. The van der Waals surface area contributed by atoms with E-state index in [1.54, 1.807) is 38.2 Å². The van der Waals surface area contributed by atoms with E-state index in [-0.39, 0.29) is 39.3 Å². The second-order valence-electron chi connectivity index (χ2n) is 8.09. The van der Waals surface area contributed by atoms with Gasteiger partial charge in [0.2, 0.25) is 0 Å². The van der Waals surface area contributed by atoms with Crippen molar-refractivity contribution >= 4 is 20.2 Å². The Hall–Kier alpha value is -0.940. The summed E-state index contributed by atoms with van der Waals surface area (Å²) in [6.45, 7) is 3.32. The maximum absolute atomic E-state index is 11.9. The van der Waals surface area contributed by atoms with Crippen LogP contribution in [0, 0.1) is 0 Å². The first-order valence-electron chi connectivity index (χ1n) is 11.4. The third-order valence-electron chi connectivity index (χ3n) is 4.78. The molecule has 0 aromatic carbocycles. The van der Waals surface area contributed by atoms with Crippen molar-refractivity contribution in [3.05, 3.63) is 24.3 Å². The third kappa shape index (κ3) is 16.7. The summed E-state index contributed by atoms with van der Waals surface area (Å²) in [5.41, 5.74) is 0. The summed E-state index contributed by atoms with van der Waals surface area (Å²) < 4.78 is 78.7. The van der Waals surface area contributed by atoms with Crippen molar-refractivity contribution in [3.8, 4) is 0 Å². The highest BCUT2D eigenvalue weighted by molar-refractivity contribution is 7.86. The molecule has 0 amide bonds. The normalized spacial score (nSPS) is 18.3. The highest BCUT2D eigenvalue weighted by atomic mass is 32.2.